The Morgan fingerprint density at radius 2 is 2.45 bits per heavy atom. The van der Waals surface area contributed by atoms with Gasteiger partial charge in [0.1, 0.15) is 5.57 Å². The summed E-state index contributed by atoms with van der Waals surface area (Å²) >= 11 is 0. The number of hydrogen-bond acceptors (Lipinski definition) is 3. The van der Waals surface area contributed by atoms with Crippen molar-refractivity contribution >= 4 is 11.9 Å². The van der Waals surface area contributed by atoms with E-state index in [4.69, 9.17) is 0 Å². The zero-order valence-electron chi connectivity index (χ0n) is 6.22. The number of esters is 1. The van der Waals surface area contributed by atoms with Gasteiger partial charge in [0, 0.05) is 6.54 Å². The van der Waals surface area contributed by atoms with Gasteiger partial charge in [-0.3, -0.25) is 4.79 Å². The van der Waals surface area contributed by atoms with Gasteiger partial charge in [-0.2, -0.15) is 0 Å². The molecular formula is C7H9NO3. The molecule has 11 heavy (non-hydrogen) atoms. The topological polar surface area (TPSA) is 55.4 Å². The number of rotatable bonds is 1. The molecule has 0 bridgehead atoms. The third-order valence-electron chi connectivity index (χ3n) is 1.43. The van der Waals surface area contributed by atoms with Crippen LogP contribution in [0.3, 0.4) is 0 Å². The highest BCUT2D eigenvalue weighted by atomic mass is 16.5. The molecule has 1 aliphatic heterocycles. The molecule has 0 saturated carbocycles. The summed E-state index contributed by atoms with van der Waals surface area (Å²) in [7, 11) is 1.26. The van der Waals surface area contributed by atoms with Crippen molar-refractivity contribution in [3.8, 4) is 0 Å². The van der Waals surface area contributed by atoms with Crippen LogP contribution in [0.25, 0.3) is 0 Å². The van der Waals surface area contributed by atoms with E-state index in [-0.39, 0.29) is 11.5 Å². The molecule has 0 atom stereocenters. The summed E-state index contributed by atoms with van der Waals surface area (Å²) < 4.78 is 4.39. The van der Waals surface area contributed by atoms with E-state index in [0.717, 1.165) is 0 Å². The minimum absolute atomic E-state index is 0.110. The van der Waals surface area contributed by atoms with E-state index in [0.29, 0.717) is 13.0 Å². The van der Waals surface area contributed by atoms with Gasteiger partial charge in [0.05, 0.1) is 7.11 Å². The highest BCUT2D eigenvalue weighted by Gasteiger charge is 2.20. The number of amides is 1. The molecule has 1 N–H and O–H groups in total. The zero-order chi connectivity index (χ0) is 8.27. The van der Waals surface area contributed by atoms with Crippen LogP contribution in [0.1, 0.15) is 6.42 Å². The van der Waals surface area contributed by atoms with Crippen molar-refractivity contribution in [2.24, 2.45) is 0 Å². The van der Waals surface area contributed by atoms with Crippen molar-refractivity contribution in [3.05, 3.63) is 11.6 Å². The molecule has 0 radical (unpaired) electrons. The van der Waals surface area contributed by atoms with Gasteiger partial charge in [0.25, 0.3) is 5.91 Å². The Bertz CT molecular complexity index is 220. The van der Waals surface area contributed by atoms with E-state index in [2.05, 4.69) is 10.1 Å². The smallest absolute Gasteiger partial charge is 0.343 e. The Kier molecular flexibility index (Phi) is 2.25. The summed E-state index contributed by atoms with van der Waals surface area (Å²) in [4.78, 5) is 21.7. The Balaban J connectivity index is 2.75. The van der Waals surface area contributed by atoms with Crippen LogP contribution in [0.15, 0.2) is 11.6 Å². The number of methoxy groups -OCH3 is 1. The fourth-order valence-corrected chi connectivity index (χ4v) is 0.876. The van der Waals surface area contributed by atoms with E-state index in [1.807, 2.05) is 0 Å². The molecule has 0 aromatic carbocycles. The van der Waals surface area contributed by atoms with Gasteiger partial charge in [0.15, 0.2) is 0 Å². The van der Waals surface area contributed by atoms with Gasteiger partial charge < -0.3 is 10.1 Å². The van der Waals surface area contributed by atoms with E-state index < -0.39 is 5.97 Å². The van der Waals surface area contributed by atoms with Crippen molar-refractivity contribution in [1.29, 1.82) is 0 Å². The molecule has 0 spiro atoms. The molecule has 1 rings (SSSR count). The first-order valence-electron chi connectivity index (χ1n) is 3.32. The van der Waals surface area contributed by atoms with Crippen LogP contribution in [-0.4, -0.2) is 25.5 Å². The Hall–Kier alpha value is -1.32. The highest BCUT2D eigenvalue weighted by Crippen LogP contribution is 2.03. The fourth-order valence-electron chi connectivity index (χ4n) is 0.876. The van der Waals surface area contributed by atoms with Crippen LogP contribution in [0.2, 0.25) is 0 Å². The molecule has 0 aromatic rings. The lowest BCUT2D eigenvalue weighted by Gasteiger charge is -2.10. The first-order chi connectivity index (χ1) is 5.25. The van der Waals surface area contributed by atoms with Crippen LogP contribution >= 0.6 is 0 Å². The Labute approximate surface area is 64.2 Å². The summed E-state index contributed by atoms with van der Waals surface area (Å²) in [6, 6.07) is 0. The monoisotopic (exact) mass is 155 g/mol. The van der Waals surface area contributed by atoms with Crippen molar-refractivity contribution < 1.29 is 14.3 Å². The third kappa shape index (κ3) is 1.58. The average molecular weight is 155 g/mol. The maximum Gasteiger partial charge on any atom is 0.343 e. The minimum atomic E-state index is -0.567. The fraction of sp³-hybridized carbons (Fsp3) is 0.429. The van der Waals surface area contributed by atoms with E-state index >= 15 is 0 Å². The standard InChI is InChI=1S/C7H9NO3/c1-11-7(10)5-3-2-4-8-6(5)9/h3H,2,4H2,1H3,(H,8,9). The number of hydrogen-bond donors (Lipinski definition) is 1. The van der Waals surface area contributed by atoms with Gasteiger partial charge in [-0.1, -0.05) is 6.08 Å². The number of ether oxygens (including phenoxy) is 1. The molecule has 4 nitrogen and oxygen atoms in total. The molecule has 1 amide bonds. The lowest BCUT2D eigenvalue weighted by Crippen LogP contribution is -2.32. The predicted molar refractivity (Wildman–Crippen MR) is 37.7 cm³/mol. The SMILES string of the molecule is COC(=O)C1=CCCNC1=O. The van der Waals surface area contributed by atoms with Crippen LogP contribution in [-0.2, 0) is 14.3 Å². The van der Waals surface area contributed by atoms with Gasteiger partial charge in [0.2, 0.25) is 0 Å². The van der Waals surface area contributed by atoms with Gasteiger partial charge in [-0.15, -0.1) is 0 Å². The lowest BCUT2D eigenvalue weighted by atomic mass is 10.1. The molecule has 0 unspecified atom stereocenters. The van der Waals surface area contributed by atoms with E-state index in [1.165, 1.54) is 7.11 Å². The summed E-state index contributed by atoms with van der Waals surface area (Å²) in [5, 5.41) is 2.54. The largest absolute Gasteiger partial charge is 0.465 e. The van der Waals surface area contributed by atoms with Gasteiger partial charge in [-0.25, -0.2) is 4.79 Å². The summed E-state index contributed by atoms with van der Waals surface area (Å²) in [6.45, 7) is 0.597. The van der Waals surface area contributed by atoms with Crippen molar-refractivity contribution in [1.82, 2.24) is 5.32 Å². The Morgan fingerprint density at radius 1 is 1.73 bits per heavy atom. The second-order valence-corrected chi connectivity index (χ2v) is 2.15. The van der Waals surface area contributed by atoms with Crippen molar-refractivity contribution in [3.63, 3.8) is 0 Å². The molecule has 1 aliphatic rings. The molecule has 0 fully saturated rings. The molecule has 0 saturated heterocycles. The van der Waals surface area contributed by atoms with E-state index in [9.17, 15) is 9.59 Å². The quantitative estimate of drug-likeness (QED) is 0.414. The van der Waals surface area contributed by atoms with Crippen LogP contribution in [0.4, 0.5) is 0 Å². The van der Waals surface area contributed by atoms with Crippen LogP contribution < -0.4 is 5.32 Å². The molecule has 0 aliphatic carbocycles. The van der Waals surface area contributed by atoms with Crippen molar-refractivity contribution in [2.45, 2.75) is 6.42 Å². The first-order valence-corrected chi connectivity index (χ1v) is 3.32. The van der Waals surface area contributed by atoms with Gasteiger partial charge in [-0.05, 0) is 6.42 Å². The summed E-state index contributed by atoms with van der Waals surface area (Å²) in [5.41, 5.74) is 0.110. The minimum Gasteiger partial charge on any atom is -0.465 e. The maximum absolute atomic E-state index is 10.9. The molecule has 0 aromatic heterocycles. The number of nitrogens with one attached hydrogen (secondary N) is 1. The zero-order valence-corrected chi connectivity index (χ0v) is 6.22. The average Bonchev–Trinajstić information content (AvgIpc) is 2.04. The van der Waals surface area contributed by atoms with Crippen LogP contribution in [0, 0.1) is 0 Å². The van der Waals surface area contributed by atoms with E-state index in [1.54, 1.807) is 6.08 Å². The number of carbonyl (C=O) groups excluding carboxylic acids is 2. The Morgan fingerprint density at radius 3 is 3.00 bits per heavy atom. The first kappa shape index (κ1) is 7.78. The van der Waals surface area contributed by atoms with Crippen molar-refractivity contribution in [2.75, 3.05) is 13.7 Å². The summed E-state index contributed by atoms with van der Waals surface area (Å²) in [6.07, 6.45) is 2.28. The second kappa shape index (κ2) is 3.18. The predicted octanol–water partition coefficient (Wildman–Crippen LogP) is -0.394. The lowest BCUT2D eigenvalue weighted by molar-refractivity contribution is -0.138. The molecule has 4 heteroatoms. The highest BCUT2D eigenvalue weighted by molar-refractivity contribution is 6.16. The van der Waals surface area contributed by atoms with Gasteiger partial charge >= 0.3 is 5.97 Å². The van der Waals surface area contributed by atoms with Crippen LogP contribution in [0.5, 0.6) is 0 Å². The molecular weight excluding hydrogens is 146 g/mol. The molecule has 1 heterocycles. The normalized spacial score (nSPS) is 16.8. The molecule has 60 valence electrons. The maximum atomic E-state index is 10.9. The third-order valence-corrected chi connectivity index (χ3v) is 1.43. The second-order valence-electron chi connectivity index (χ2n) is 2.15. The number of carbonyl (C=O) groups is 2. The summed E-state index contributed by atoms with van der Waals surface area (Å²) in [5.74, 6) is -0.912.